The van der Waals surface area contributed by atoms with E-state index in [9.17, 15) is 14.4 Å². The van der Waals surface area contributed by atoms with Crippen molar-refractivity contribution in [2.75, 3.05) is 6.61 Å². The van der Waals surface area contributed by atoms with E-state index in [0.717, 1.165) is 9.44 Å². The van der Waals surface area contributed by atoms with E-state index in [1.165, 1.54) is 11.3 Å². The second-order valence-corrected chi connectivity index (χ2v) is 6.91. The number of aromatic amines is 1. The summed E-state index contributed by atoms with van der Waals surface area (Å²) in [5.74, 6) is -0.353. The van der Waals surface area contributed by atoms with E-state index < -0.39 is 23.3 Å². The largest absolute Gasteiger partial charge is 0.464 e. The standard InChI is InChI=1S/C15H20N2O4S/c1-5-11(14(19)21-7-8(2)3)17-13(18)10-6-9(4)22-12(10)16-15(17)20/h6,8,11H,5,7H2,1-4H3,(H,16,20). The second kappa shape index (κ2) is 6.48. The van der Waals surface area contributed by atoms with Crippen LogP contribution in [0.1, 0.15) is 38.1 Å². The number of aromatic nitrogens is 2. The zero-order valence-electron chi connectivity index (χ0n) is 13.1. The van der Waals surface area contributed by atoms with Crippen molar-refractivity contribution in [1.82, 2.24) is 9.55 Å². The SMILES string of the molecule is CCC(C(=O)OCC(C)C)n1c(=O)[nH]c2sc(C)cc2c1=O. The molecule has 0 aliphatic heterocycles. The molecular formula is C15H20N2O4S. The van der Waals surface area contributed by atoms with Crippen LogP contribution in [0, 0.1) is 12.8 Å². The molecular weight excluding hydrogens is 304 g/mol. The van der Waals surface area contributed by atoms with Crippen LogP contribution in [-0.2, 0) is 9.53 Å². The van der Waals surface area contributed by atoms with E-state index in [1.807, 2.05) is 20.8 Å². The van der Waals surface area contributed by atoms with Crippen LogP contribution in [0.5, 0.6) is 0 Å². The number of aryl methyl sites for hydroxylation is 1. The minimum atomic E-state index is -0.903. The molecule has 0 aliphatic rings. The number of nitrogens with zero attached hydrogens (tertiary/aromatic N) is 1. The fraction of sp³-hybridized carbons (Fsp3) is 0.533. The number of ether oxygens (including phenoxy) is 1. The van der Waals surface area contributed by atoms with Gasteiger partial charge in [0.1, 0.15) is 10.9 Å². The van der Waals surface area contributed by atoms with Crippen LogP contribution < -0.4 is 11.2 Å². The lowest BCUT2D eigenvalue weighted by atomic mass is 10.2. The van der Waals surface area contributed by atoms with Gasteiger partial charge in [0.05, 0.1) is 12.0 Å². The first-order valence-electron chi connectivity index (χ1n) is 7.26. The number of H-pyrrole nitrogens is 1. The van der Waals surface area contributed by atoms with Crippen LogP contribution in [0.3, 0.4) is 0 Å². The molecule has 0 fully saturated rings. The summed E-state index contributed by atoms with van der Waals surface area (Å²) in [6.45, 7) is 7.72. The zero-order valence-corrected chi connectivity index (χ0v) is 14.0. The van der Waals surface area contributed by atoms with Gasteiger partial charge in [-0.2, -0.15) is 0 Å². The first-order valence-corrected chi connectivity index (χ1v) is 8.08. The van der Waals surface area contributed by atoms with Crippen LogP contribution in [0.25, 0.3) is 10.2 Å². The molecule has 0 amide bonds. The molecule has 0 aromatic carbocycles. The molecule has 120 valence electrons. The van der Waals surface area contributed by atoms with Gasteiger partial charge in [-0.25, -0.2) is 14.2 Å². The topological polar surface area (TPSA) is 81.2 Å². The Kier molecular flexibility index (Phi) is 4.85. The highest BCUT2D eigenvalue weighted by molar-refractivity contribution is 7.18. The summed E-state index contributed by atoms with van der Waals surface area (Å²) in [7, 11) is 0. The van der Waals surface area contributed by atoms with Crippen molar-refractivity contribution in [2.24, 2.45) is 5.92 Å². The lowest BCUT2D eigenvalue weighted by Crippen LogP contribution is -2.41. The van der Waals surface area contributed by atoms with Gasteiger partial charge in [-0.15, -0.1) is 11.3 Å². The molecule has 0 radical (unpaired) electrons. The molecule has 2 heterocycles. The van der Waals surface area contributed by atoms with Crippen LogP contribution >= 0.6 is 11.3 Å². The number of carbonyl (C=O) groups is 1. The number of esters is 1. The lowest BCUT2D eigenvalue weighted by Gasteiger charge is -2.17. The molecule has 0 aliphatic carbocycles. The van der Waals surface area contributed by atoms with Gasteiger partial charge in [0, 0.05) is 4.88 Å². The molecule has 2 rings (SSSR count). The average molecular weight is 324 g/mol. The maximum Gasteiger partial charge on any atom is 0.330 e. The quantitative estimate of drug-likeness (QED) is 0.855. The number of rotatable bonds is 5. The highest BCUT2D eigenvalue weighted by Gasteiger charge is 2.25. The third-order valence-electron chi connectivity index (χ3n) is 3.27. The molecule has 2 aromatic heterocycles. The van der Waals surface area contributed by atoms with E-state index in [0.29, 0.717) is 16.6 Å². The Balaban J connectivity index is 2.49. The van der Waals surface area contributed by atoms with Crippen molar-refractivity contribution >= 4 is 27.5 Å². The average Bonchev–Trinajstić information content (AvgIpc) is 2.81. The summed E-state index contributed by atoms with van der Waals surface area (Å²) in [6, 6.07) is 0.820. The van der Waals surface area contributed by atoms with Crippen LogP contribution in [-0.4, -0.2) is 22.1 Å². The smallest absolute Gasteiger partial charge is 0.330 e. The molecule has 0 spiro atoms. The Morgan fingerprint density at radius 2 is 2.09 bits per heavy atom. The minimum absolute atomic E-state index is 0.193. The fourth-order valence-corrected chi connectivity index (χ4v) is 3.12. The highest BCUT2D eigenvalue weighted by atomic mass is 32.1. The van der Waals surface area contributed by atoms with Gasteiger partial charge in [-0.05, 0) is 25.3 Å². The first kappa shape index (κ1) is 16.5. The van der Waals surface area contributed by atoms with Gasteiger partial charge in [0.15, 0.2) is 0 Å². The number of thiophene rings is 1. The van der Waals surface area contributed by atoms with Gasteiger partial charge in [0.2, 0.25) is 0 Å². The van der Waals surface area contributed by atoms with Gasteiger partial charge in [-0.3, -0.25) is 9.78 Å². The maximum atomic E-state index is 12.5. The van der Waals surface area contributed by atoms with E-state index in [1.54, 1.807) is 13.0 Å². The zero-order chi connectivity index (χ0) is 16.4. The number of carbonyl (C=O) groups excluding carboxylic acids is 1. The summed E-state index contributed by atoms with van der Waals surface area (Å²) in [5, 5.41) is 0.428. The molecule has 1 N–H and O–H groups in total. The summed E-state index contributed by atoms with van der Waals surface area (Å²) in [6.07, 6.45) is 0.314. The van der Waals surface area contributed by atoms with Crippen LogP contribution in [0.15, 0.2) is 15.7 Å². The van der Waals surface area contributed by atoms with Crippen molar-refractivity contribution in [1.29, 1.82) is 0 Å². The van der Waals surface area contributed by atoms with E-state index in [2.05, 4.69) is 4.98 Å². The Morgan fingerprint density at radius 3 is 2.68 bits per heavy atom. The molecule has 0 saturated heterocycles. The van der Waals surface area contributed by atoms with Gasteiger partial charge >= 0.3 is 11.7 Å². The number of hydrogen-bond donors (Lipinski definition) is 1. The van der Waals surface area contributed by atoms with E-state index in [4.69, 9.17) is 4.74 Å². The number of hydrogen-bond acceptors (Lipinski definition) is 5. The van der Waals surface area contributed by atoms with Crippen molar-refractivity contribution in [3.63, 3.8) is 0 Å². The maximum absolute atomic E-state index is 12.5. The summed E-state index contributed by atoms with van der Waals surface area (Å²) < 4.78 is 6.16. The lowest BCUT2D eigenvalue weighted by molar-refractivity contribution is -0.149. The molecule has 0 saturated carbocycles. The number of nitrogens with one attached hydrogen (secondary N) is 1. The predicted octanol–water partition coefficient (Wildman–Crippen LogP) is 2.21. The Labute approximate surface area is 131 Å². The monoisotopic (exact) mass is 324 g/mol. The van der Waals surface area contributed by atoms with Crippen molar-refractivity contribution < 1.29 is 9.53 Å². The summed E-state index contributed by atoms with van der Waals surface area (Å²) in [4.78, 5) is 41.1. The first-order chi connectivity index (χ1) is 10.3. The van der Waals surface area contributed by atoms with Crippen LogP contribution in [0.2, 0.25) is 0 Å². The van der Waals surface area contributed by atoms with Crippen molar-refractivity contribution in [3.05, 3.63) is 31.8 Å². The third-order valence-corrected chi connectivity index (χ3v) is 4.24. The summed E-state index contributed by atoms with van der Waals surface area (Å²) in [5.41, 5.74) is -1.02. The Morgan fingerprint density at radius 1 is 1.41 bits per heavy atom. The van der Waals surface area contributed by atoms with E-state index >= 15 is 0 Å². The van der Waals surface area contributed by atoms with E-state index in [-0.39, 0.29) is 12.5 Å². The van der Waals surface area contributed by atoms with Gasteiger partial charge in [0.25, 0.3) is 5.56 Å². The predicted molar refractivity (Wildman–Crippen MR) is 86.6 cm³/mol. The normalized spacial score (nSPS) is 12.8. The molecule has 7 heteroatoms. The molecule has 6 nitrogen and oxygen atoms in total. The van der Waals surface area contributed by atoms with Crippen LogP contribution in [0.4, 0.5) is 0 Å². The van der Waals surface area contributed by atoms with Gasteiger partial charge < -0.3 is 4.74 Å². The molecule has 1 atom stereocenters. The third kappa shape index (κ3) is 3.14. The highest BCUT2D eigenvalue weighted by Crippen LogP contribution is 2.19. The molecule has 22 heavy (non-hydrogen) atoms. The van der Waals surface area contributed by atoms with Crippen molar-refractivity contribution in [3.8, 4) is 0 Å². The van der Waals surface area contributed by atoms with Crippen molar-refractivity contribution in [2.45, 2.75) is 40.2 Å². The number of fused-ring (bicyclic) bond motifs is 1. The Bertz CT molecular complexity index is 800. The minimum Gasteiger partial charge on any atom is -0.464 e. The summed E-state index contributed by atoms with van der Waals surface area (Å²) >= 11 is 1.35. The molecule has 2 aromatic rings. The molecule has 1 unspecified atom stereocenters. The fourth-order valence-electron chi connectivity index (χ4n) is 2.23. The Hall–Kier alpha value is -1.89. The van der Waals surface area contributed by atoms with Gasteiger partial charge in [-0.1, -0.05) is 20.8 Å². The second-order valence-electron chi connectivity index (χ2n) is 5.65. The molecule has 0 bridgehead atoms.